The molecule has 0 radical (unpaired) electrons. The number of hydrogen-bond donors (Lipinski definition) is 5. The number of nitrogens with zero attached hydrogens (tertiary/aromatic N) is 2. The molecular weight excluding hydrogens is 542 g/mol. The molecule has 3 aliphatic rings. The lowest BCUT2D eigenvalue weighted by Crippen LogP contribution is -2.63. The van der Waals surface area contributed by atoms with Crippen molar-refractivity contribution in [2.75, 3.05) is 46.3 Å². The summed E-state index contributed by atoms with van der Waals surface area (Å²) in [4.78, 5) is 42.0. The molecule has 0 aromatic heterocycles. The Bertz CT molecular complexity index is 1280. The maximum Gasteiger partial charge on any atom is 0.255 e. The number of phenols is 1. The number of benzene rings is 1. The Morgan fingerprint density at radius 1 is 1.05 bits per heavy atom. The van der Waals surface area contributed by atoms with Crippen LogP contribution >= 0.6 is 0 Å². The Labute approximate surface area is 247 Å². The number of unbranched alkanes of at least 4 members (excludes halogenated alkanes) is 2. The number of rotatable bonds is 9. The first kappa shape index (κ1) is 33.1. The summed E-state index contributed by atoms with van der Waals surface area (Å²) in [5, 5.41) is 43.9. The number of aromatic hydroxyl groups is 1. The number of ketones is 2. The van der Waals surface area contributed by atoms with E-state index in [1.807, 2.05) is 0 Å². The number of hydrogen-bond acceptors (Lipinski definition) is 10. The zero-order valence-electron chi connectivity index (χ0n) is 25.4. The van der Waals surface area contributed by atoms with Crippen LogP contribution in [0, 0.1) is 11.8 Å². The summed E-state index contributed by atoms with van der Waals surface area (Å²) in [7, 11) is 6.79. The molecule has 0 spiro atoms. The third-order valence-corrected chi connectivity index (χ3v) is 8.35. The maximum atomic E-state index is 13.5. The number of aliphatic hydroxyl groups excluding tert-OH is 2. The molecule has 0 bridgehead atoms. The summed E-state index contributed by atoms with van der Waals surface area (Å²) in [6, 6.07) is 2.06. The average molecular weight is 588 g/mol. The van der Waals surface area contributed by atoms with Crippen LogP contribution in [0.25, 0.3) is 0 Å². The van der Waals surface area contributed by atoms with Gasteiger partial charge in [-0.2, -0.15) is 0 Å². The Morgan fingerprint density at radius 3 is 2.14 bits per heavy atom. The average Bonchev–Trinajstić information content (AvgIpc) is 2.90. The number of carbonyl (C=O) groups excluding carboxylic acids is 3. The molecule has 0 saturated heterocycles. The Kier molecular flexibility index (Phi) is 10.5. The first-order valence-corrected chi connectivity index (χ1v) is 14.5. The minimum absolute atomic E-state index is 0.00184. The number of aliphatic hydroxyl groups is 3. The van der Waals surface area contributed by atoms with Crippen LogP contribution in [-0.2, 0) is 20.7 Å². The second kappa shape index (κ2) is 13.3. The maximum absolute atomic E-state index is 13.5. The van der Waals surface area contributed by atoms with Crippen LogP contribution in [0.5, 0.6) is 5.75 Å². The Morgan fingerprint density at radius 2 is 1.64 bits per heavy atom. The lowest BCUT2D eigenvalue weighted by molar-refractivity contribution is -0.148. The van der Waals surface area contributed by atoms with Gasteiger partial charge in [-0.25, -0.2) is 0 Å². The van der Waals surface area contributed by atoms with Gasteiger partial charge in [0, 0.05) is 44.5 Å². The van der Waals surface area contributed by atoms with E-state index in [1.165, 1.54) is 36.6 Å². The number of likely N-dealkylation sites (N-methyl/N-ethyl adjacent to an activating group) is 1. The van der Waals surface area contributed by atoms with Crippen LogP contribution in [0.4, 0.5) is 5.69 Å². The van der Waals surface area contributed by atoms with Gasteiger partial charge < -0.3 is 35.8 Å². The molecule has 0 saturated carbocycles. The predicted octanol–water partition coefficient (Wildman–Crippen LogP) is 2.79. The van der Waals surface area contributed by atoms with Crippen molar-refractivity contribution in [3.8, 4) is 5.75 Å². The number of phenolic OH excluding ortho intramolecular Hbond substituents is 1. The topological polar surface area (TPSA) is 174 Å². The van der Waals surface area contributed by atoms with Crippen molar-refractivity contribution < 1.29 is 39.5 Å². The highest BCUT2D eigenvalue weighted by Gasteiger charge is 2.63. The van der Waals surface area contributed by atoms with Crippen molar-refractivity contribution in [3.05, 3.63) is 45.9 Å². The first-order chi connectivity index (χ1) is 19.7. The summed E-state index contributed by atoms with van der Waals surface area (Å²) in [6.45, 7) is 6.28. The van der Waals surface area contributed by atoms with Crippen LogP contribution in [-0.4, -0.2) is 95.8 Å². The zero-order chi connectivity index (χ0) is 31.5. The fourth-order valence-corrected chi connectivity index (χ4v) is 6.25. The molecule has 11 nitrogen and oxygen atoms in total. The number of amides is 1. The molecule has 1 amide bonds. The number of allylic oxidation sites excluding steroid dienone is 1. The number of primary amides is 1. The summed E-state index contributed by atoms with van der Waals surface area (Å²) in [6.07, 6.45) is 5.23. The fourth-order valence-electron chi connectivity index (χ4n) is 6.25. The molecular formula is C31H45N3O8. The summed E-state index contributed by atoms with van der Waals surface area (Å²) >= 11 is 0. The molecule has 1 aromatic rings. The molecule has 0 heterocycles. The highest BCUT2D eigenvalue weighted by molar-refractivity contribution is 6.24. The third kappa shape index (κ3) is 5.77. The van der Waals surface area contributed by atoms with Gasteiger partial charge in [0.15, 0.2) is 11.4 Å². The predicted molar refractivity (Wildman–Crippen MR) is 159 cm³/mol. The Hall–Kier alpha value is -3.41. The third-order valence-electron chi connectivity index (χ3n) is 8.35. The lowest BCUT2D eigenvalue weighted by atomic mass is 9.58. The first-order valence-electron chi connectivity index (χ1n) is 14.5. The van der Waals surface area contributed by atoms with E-state index in [9.17, 15) is 34.8 Å². The number of anilines is 1. The molecule has 232 valence electrons. The molecule has 0 aliphatic heterocycles. The SMILES string of the molecule is CCCCOCCCC.CN(C)c1ccc(O)c2c1C[C@H]1C[C@H]3[C@H](N(C)C)C(O)=C(C(N)=O)C(=O)[C@@]3(O)C(O)=C1C2=O. The summed E-state index contributed by atoms with van der Waals surface area (Å²) in [5.41, 5.74) is 3.02. The largest absolute Gasteiger partial charge is 0.510 e. The van der Waals surface area contributed by atoms with E-state index >= 15 is 0 Å². The van der Waals surface area contributed by atoms with Gasteiger partial charge in [-0.1, -0.05) is 26.7 Å². The summed E-state index contributed by atoms with van der Waals surface area (Å²) in [5.74, 6) is -6.53. The van der Waals surface area contributed by atoms with Gasteiger partial charge in [0.25, 0.3) is 5.91 Å². The van der Waals surface area contributed by atoms with Gasteiger partial charge >= 0.3 is 0 Å². The van der Waals surface area contributed by atoms with Crippen molar-refractivity contribution in [1.82, 2.24) is 4.90 Å². The highest BCUT2D eigenvalue weighted by atomic mass is 16.5. The molecule has 0 unspecified atom stereocenters. The molecule has 3 aliphatic carbocycles. The molecule has 6 N–H and O–H groups in total. The molecule has 4 rings (SSSR count). The van der Waals surface area contributed by atoms with E-state index in [0.717, 1.165) is 18.9 Å². The van der Waals surface area contributed by atoms with E-state index in [4.69, 9.17) is 10.5 Å². The van der Waals surface area contributed by atoms with Crippen LogP contribution < -0.4 is 10.6 Å². The molecule has 4 atom stereocenters. The van der Waals surface area contributed by atoms with Crippen LogP contribution in [0.15, 0.2) is 34.8 Å². The van der Waals surface area contributed by atoms with Crippen molar-refractivity contribution in [3.63, 3.8) is 0 Å². The normalized spacial score (nSPS) is 25.0. The summed E-state index contributed by atoms with van der Waals surface area (Å²) < 4.78 is 5.31. The zero-order valence-corrected chi connectivity index (χ0v) is 25.4. The van der Waals surface area contributed by atoms with Crippen LogP contribution in [0.2, 0.25) is 0 Å². The number of fused-ring (bicyclic) bond motifs is 3. The van der Waals surface area contributed by atoms with Gasteiger partial charge in [0.1, 0.15) is 22.8 Å². The van der Waals surface area contributed by atoms with Gasteiger partial charge in [-0.15, -0.1) is 0 Å². The van der Waals surface area contributed by atoms with Gasteiger partial charge in [-0.3, -0.25) is 19.3 Å². The minimum Gasteiger partial charge on any atom is -0.510 e. The van der Waals surface area contributed by atoms with E-state index in [0.29, 0.717) is 5.56 Å². The van der Waals surface area contributed by atoms with Gasteiger partial charge in [0.05, 0.1) is 11.6 Å². The molecule has 1 aromatic carbocycles. The van der Waals surface area contributed by atoms with Crippen molar-refractivity contribution >= 4 is 23.2 Å². The smallest absolute Gasteiger partial charge is 0.255 e. The van der Waals surface area contributed by atoms with E-state index in [-0.39, 0.29) is 29.7 Å². The van der Waals surface area contributed by atoms with Crippen molar-refractivity contribution in [2.45, 2.75) is 64.0 Å². The minimum atomic E-state index is -2.63. The second-order valence-electron chi connectivity index (χ2n) is 11.6. The second-order valence-corrected chi connectivity index (χ2v) is 11.6. The number of ether oxygens (including phenoxy) is 1. The van der Waals surface area contributed by atoms with Gasteiger partial charge in [-0.05, 0) is 63.4 Å². The highest BCUT2D eigenvalue weighted by Crippen LogP contribution is 2.53. The number of nitrogens with two attached hydrogens (primary N) is 1. The monoisotopic (exact) mass is 587 g/mol. The quantitative estimate of drug-likeness (QED) is 0.213. The number of carbonyl (C=O) groups is 3. The molecule has 42 heavy (non-hydrogen) atoms. The Balaban J connectivity index is 0.000000467. The molecule has 11 heteroatoms. The lowest BCUT2D eigenvalue weighted by Gasteiger charge is -2.50. The van der Waals surface area contributed by atoms with Crippen LogP contribution in [0.3, 0.4) is 0 Å². The van der Waals surface area contributed by atoms with E-state index < -0.39 is 58.0 Å². The van der Waals surface area contributed by atoms with Gasteiger partial charge in [0.2, 0.25) is 5.78 Å². The van der Waals surface area contributed by atoms with Crippen LogP contribution in [0.1, 0.15) is 61.9 Å². The van der Waals surface area contributed by atoms with E-state index in [1.54, 1.807) is 39.2 Å². The van der Waals surface area contributed by atoms with E-state index in [2.05, 4.69) is 13.8 Å². The van der Waals surface area contributed by atoms with Crippen molar-refractivity contribution in [2.24, 2.45) is 17.6 Å². The number of Topliss-reactive ketones (excluding diaryl/α,β-unsaturated/α-hetero) is 2. The molecule has 0 fully saturated rings. The van der Waals surface area contributed by atoms with Crippen molar-refractivity contribution in [1.29, 1.82) is 0 Å². The standard InChI is InChI=1S/C23H27N3O7.C8H18O/c1-25(2)12-5-6-13(27)15-10(12)7-9-8-11-17(26(3)4)19(29)16(22(24)32)21(31)23(11,33)20(30)14(9)18(15)28;1-3-5-7-9-8-6-4-2/h5-6,9,11,17,27,29-30,33H,7-8H2,1-4H3,(H2,24,32);3-8H2,1-2H3/t9-,11-,17-,23-;/m0./s1. The fraction of sp³-hybridized carbons (Fsp3) is 0.581.